The molecule has 0 atom stereocenters. The van der Waals surface area contributed by atoms with Gasteiger partial charge in [-0.25, -0.2) is 0 Å². The van der Waals surface area contributed by atoms with E-state index in [9.17, 15) is 0 Å². The smallest absolute Gasteiger partial charge is 0.150 e. The zero-order chi connectivity index (χ0) is 12.1. The highest BCUT2D eigenvalue weighted by atomic mass is 15.4. The van der Waals surface area contributed by atoms with Gasteiger partial charge in [0.2, 0.25) is 0 Å². The van der Waals surface area contributed by atoms with Crippen LogP contribution in [0, 0.1) is 11.3 Å². The van der Waals surface area contributed by atoms with Gasteiger partial charge in [-0.3, -0.25) is 4.68 Å². The molecule has 16 heavy (non-hydrogen) atoms. The van der Waals surface area contributed by atoms with Crippen molar-refractivity contribution in [2.75, 3.05) is 23.7 Å². The topological polar surface area (TPSA) is 70.9 Å². The third kappa shape index (κ3) is 2.27. The highest BCUT2D eigenvalue weighted by Gasteiger charge is 2.16. The van der Waals surface area contributed by atoms with Crippen molar-refractivity contribution in [2.45, 2.75) is 26.7 Å². The Hall–Kier alpha value is -1.70. The normalized spacial score (nSPS) is 10.1. The summed E-state index contributed by atoms with van der Waals surface area (Å²) < 4.78 is 1.80. The summed E-state index contributed by atoms with van der Waals surface area (Å²) in [4.78, 5) is 2.09. The average Bonchev–Trinajstić information content (AvgIpc) is 2.57. The maximum atomic E-state index is 8.62. The van der Waals surface area contributed by atoms with Crippen LogP contribution in [0.3, 0.4) is 0 Å². The maximum Gasteiger partial charge on any atom is 0.150 e. The van der Waals surface area contributed by atoms with E-state index in [1.165, 1.54) is 0 Å². The fourth-order valence-electron chi connectivity index (χ4n) is 1.82. The molecule has 1 aromatic heterocycles. The van der Waals surface area contributed by atoms with Gasteiger partial charge in [0.15, 0.2) is 0 Å². The lowest BCUT2D eigenvalue weighted by Gasteiger charge is -2.22. The van der Waals surface area contributed by atoms with E-state index in [0.29, 0.717) is 13.0 Å². The van der Waals surface area contributed by atoms with Gasteiger partial charge < -0.3 is 10.6 Å². The monoisotopic (exact) mass is 221 g/mol. The largest absolute Gasteiger partial charge is 0.394 e. The minimum absolute atomic E-state index is 0.500. The Morgan fingerprint density at radius 1 is 1.50 bits per heavy atom. The highest BCUT2D eigenvalue weighted by Crippen LogP contribution is 2.26. The Labute approximate surface area is 96.5 Å². The molecule has 0 amide bonds. The molecular formula is C11H19N5. The highest BCUT2D eigenvalue weighted by molar-refractivity contribution is 5.66. The quantitative estimate of drug-likeness (QED) is 0.813. The van der Waals surface area contributed by atoms with Crippen molar-refractivity contribution in [3.05, 3.63) is 5.69 Å². The van der Waals surface area contributed by atoms with E-state index in [0.717, 1.165) is 30.2 Å². The van der Waals surface area contributed by atoms with Gasteiger partial charge in [0, 0.05) is 20.1 Å². The lowest BCUT2D eigenvalue weighted by atomic mass is 10.3. The molecule has 1 aromatic rings. The van der Waals surface area contributed by atoms with Crippen molar-refractivity contribution < 1.29 is 0 Å². The summed E-state index contributed by atoms with van der Waals surface area (Å²) in [6.45, 7) is 5.61. The number of nitriles is 1. The Morgan fingerprint density at radius 2 is 2.19 bits per heavy atom. The van der Waals surface area contributed by atoms with Gasteiger partial charge >= 0.3 is 0 Å². The van der Waals surface area contributed by atoms with Crippen LogP contribution in [0.25, 0.3) is 0 Å². The average molecular weight is 221 g/mol. The third-order valence-corrected chi connectivity index (χ3v) is 2.64. The van der Waals surface area contributed by atoms with Crippen molar-refractivity contribution in [1.82, 2.24) is 9.78 Å². The maximum absolute atomic E-state index is 8.62. The van der Waals surface area contributed by atoms with Crippen LogP contribution in [-0.4, -0.2) is 22.9 Å². The van der Waals surface area contributed by atoms with Crippen molar-refractivity contribution in [1.29, 1.82) is 5.26 Å². The van der Waals surface area contributed by atoms with Gasteiger partial charge in [-0.15, -0.1) is 0 Å². The summed E-state index contributed by atoms with van der Waals surface area (Å²) in [6, 6.07) is 2.15. The van der Waals surface area contributed by atoms with Crippen LogP contribution in [-0.2, 0) is 13.5 Å². The molecule has 0 saturated carbocycles. The molecule has 0 aliphatic rings. The SMILES string of the molecule is CCc1nn(C)c(N(CC)CCC#N)c1N. The van der Waals surface area contributed by atoms with Crippen molar-refractivity contribution in [3.8, 4) is 6.07 Å². The summed E-state index contributed by atoms with van der Waals surface area (Å²) in [5.74, 6) is 0.926. The Balaban J connectivity index is 3.00. The summed E-state index contributed by atoms with van der Waals surface area (Å²) in [5, 5.41) is 13.0. The van der Waals surface area contributed by atoms with Gasteiger partial charge in [0.1, 0.15) is 5.82 Å². The van der Waals surface area contributed by atoms with E-state index in [4.69, 9.17) is 11.0 Å². The predicted molar refractivity (Wildman–Crippen MR) is 65.1 cm³/mol. The number of hydrogen-bond donors (Lipinski definition) is 1. The van der Waals surface area contributed by atoms with Gasteiger partial charge in [0.05, 0.1) is 23.9 Å². The van der Waals surface area contributed by atoms with Crippen LogP contribution in [0.15, 0.2) is 0 Å². The van der Waals surface area contributed by atoms with Crippen LogP contribution in [0.4, 0.5) is 11.5 Å². The molecule has 0 aromatic carbocycles. The molecule has 88 valence electrons. The van der Waals surface area contributed by atoms with E-state index in [1.54, 1.807) is 4.68 Å². The number of aromatic nitrogens is 2. The Kier molecular flexibility index (Phi) is 4.18. The molecule has 2 N–H and O–H groups in total. The summed E-state index contributed by atoms with van der Waals surface area (Å²) >= 11 is 0. The minimum atomic E-state index is 0.500. The molecule has 0 unspecified atom stereocenters. The van der Waals surface area contributed by atoms with Gasteiger partial charge in [0.25, 0.3) is 0 Å². The molecule has 1 heterocycles. The Bertz CT molecular complexity index is 388. The van der Waals surface area contributed by atoms with E-state index in [2.05, 4.69) is 23.0 Å². The number of nitrogens with two attached hydrogens (primary N) is 1. The third-order valence-electron chi connectivity index (χ3n) is 2.64. The van der Waals surface area contributed by atoms with E-state index in [-0.39, 0.29) is 0 Å². The number of rotatable bonds is 5. The second kappa shape index (κ2) is 5.40. The van der Waals surface area contributed by atoms with Crippen LogP contribution in [0.1, 0.15) is 26.0 Å². The first-order valence-corrected chi connectivity index (χ1v) is 5.58. The molecule has 5 nitrogen and oxygen atoms in total. The molecule has 0 radical (unpaired) electrons. The van der Waals surface area contributed by atoms with E-state index in [1.807, 2.05) is 14.0 Å². The Morgan fingerprint density at radius 3 is 2.62 bits per heavy atom. The van der Waals surface area contributed by atoms with Crippen LogP contribution < -0.4 is 10.6 Å². The molecule has 0 aliphatic heterocycles. The molecule has 0 saturated heterocycles. The fraction of sp³-hybridized carbons (Fsp3) is 0.636. The van der Waals surface area contributed by atoms with Crippen LogP contribution in [0.5, 0.6) is 0 Å². The first-order valence-electron chi connectivity index (χ1n) is 5.58. The zero-order valence-electron chi connectivity index (χ0n) is 10.2. The van der Waals surface area contributed by atoms with Crippen LogP contribution in [0.2, 0.25) is 0 Å². The number of aryl methyl sites for hydroxylation is 2. The molecular weight excluding hydrogens is 202 g/mol. The molecule has 0 bridgehead atoms. The first-order chi connectivity index (χ1) is 7.65. The second-order valence-electron chi connectivity index (χ2n) is 3.65. The summed E-state index contributed by atoms with van der Waals surface area (Å²) in [7, 11) is 1.89. The zero-order valence-corrected chi connectivity index (χ0v) is 10.2. The molecule has 1 rings (SSSR count). The van der Waals surface area contributed by atoms with Gasteiger partial charge in [-0.2, -0.15) is 10.4 Å². The lowest BCUT2D eigenvalue weighted by molar-refractivity contribution is 0.703. The van der Waals surface area contributed by atoms with Crippen LogP contribution >= 0.6 is 0 Å². The second-order valence-corrected chi connectivity index (χ2v) is 3.65. The number of anilines is 2. The molecule has 0 fully saturated rings. The number of hydrogen-bond acceptors (Lipinski definition) is 4. The van der Waals surface area contributed by atoms with E-state index >= 15 is 0 Å². The number of nitrogens with zero attached hydrogens (tertiary/aromatic N) is 4. The van der Waals surface area contributed by atoms with Gasteiger partial charge in [-0.05, 0) is 13.3 Å². The fourth-order valence-corrected chi connectivity index (χ4v) is 1.82. The van der Waals surface area contributed by atoms with E-state index < -0.39 is 0 Å². The molecule has 0 spiro atoms. The van der Waals surface area contributed by atoms with Crippen molar-refractivity contribution in [3.63, 3.8) is 0 Å². The predicted octanol–water partition coefficient (Wildman–Crippen LogP) is 1.30. The number of nitrogen functional groups attached to an aromatic ring is 1. The summed E-state index contributed by atoms with van der Waals surface area (Å²) in [6.07, 6.45) is 1.33. The van der Waals surface area contributed by atoms with Crippen molar-refractivity contribution in [2.24, 2.45) is 7.05 Å². The first kappa shape index (κ1) is 12.4. The minimum Gasteiger partial charge on any atom is -0.394 e. The van der Waals surface area contributed by atoms with Crippen molar-refractivity contribution >= 4 is 11.5 Å². The lowest BCUT2D eigenvalue weighted by Crippen LogP contribution is -2.26. The standard InChI is InChI=1S/C11H19N5/c1-4-9-10(13)11(15(3)14-9)16(5-2)8-6-7-12/h4-6,8,13H2,1-3H3. The summed E-state index contributed by atoms with van der Waals surface area (Å²) in [5.41, 5.74) is 7.72. The van der Waals surface area contributed by atoms with Gasteiger partial charge in [-0.1, -0.05) is 6.92 Å². The molecule has 0 aliphatic carbocycles. The molecule has 5 heteroatoms.